The third-order valence-electron chi connectivity index (χ3n) is 2.90. The number of aliphatic hydroxyl groups excluding tert-OH is 1. The van der Waals surface area contributed by atoms with Crippen LogP contribution in [0.25, 0.3) is 0 Å². The van der Waals surface area contributed by atoms with Gasteiger partial charge in [-0.2, -0.15) is 0 Å². The number of rotatable bonds is 4. The zero-order valence-electron chi connectivity index (χ0n) is 11.1. The third-order valence-corrected chi connectivity index (χ3v) is 3.14. The van der Waals surface area contributed by atoms with Crippen molar-refractivity contribution in [3.63, 3.8) is 0 Å². The lowest BCUT2D eigenvalue weighted by atomic mass is 10.1. The molecule has 100 valence electrons. The molecule has 19 heavy (non-hydrogen) atoms. The summed E-state index contributed by atoms with van der Waals surface area (Å²) in [5.74, 6) is 0.718. The molecule has 0 spiro atoms. The molecule has 3 heteroatoms. The molecule has 0 amide bonds. The molecule has 2 aromatic carbocycles. The number of benzene rings is 2. The fourth-order valence-corrected chi connectivity index (χ4v) is 2.11. The van der Waals surface area contributed by atoms with Crippen LogP contribution >= 0.6 is 11.6 Å². The molecule has 1 unspecified atom stereocenters. The van der Waals surface area contributed by atoms with E-state index in [4.69, 9.17) is 16.3 Å². The molecule has 0 bridgehead atoms. The van der Waals surface area contributed by atoms with Crippen LogP contribution in [0.3, 0.4) is 0 Å². The second-order valence-corrected chi connectivity index (χ2v) is 5.07. The van der Waals surface area contributed by atoms with Crippen molar-refractivity contribution < 1.29 is 9.84 Å². The molecular weight excluding hydrogens is 260 g/mol. The second-order valence-electron chi connectivity index (χ2n) is 4.64. The Balaban J connectivity index is 2.17. The van der Waals surface area contributed by atoms with Crippen LogP contribution < -0.4 is 4.74 Å². The van der Waals surface area contributed by atoms with Gasteiger partial charge in [-0.25, -0.2) is 0 Å². The van der Waals surface area contributed by atoms with E-state index < -0.39 is 6.10 Å². The molecule has 0 aliphatic heterocycles. The highest BCUT2D eigenvalue weighted by Crippen LogP contribution is 2.27. The van der Waals surface area contributed by atoms with Crippen LogP contribution in [0.2, 0.25) is 5.02 Å². The van der Waals surface area contributed by atoms with Crippen LogP contribution in [0.5, 0.6) is 5.75 Å². The minimum absolute atomic E-state index is 0.434. The number of hydrogen-bond acceptors (Lipinski definition) is 2. The van der Waals surface area contributed by atoms with Crippen LogP contribution in [0, 0.1) is 6.92 Å². The van der Waals surface area contributed by atoms with Crippen LogP contribution in [-0.4, -0.2) is 5.11 Å². The maximum atomic E-state index is 9.74. The van der Waals surface area contributed by atoms with Crippen molar-refractivity contribution in [1.29, 1.82) is 0 Å². The van der Waals surface area contributed by atoms with E-state index in [-0.39, 0.29) is 0 Å². The van der Waals surface area contributed by atoms with Gasteiger partial charge in [0, 0.05) is 10.6 Å². The first-order valence-corrected chi connectivity index (χ1v) is 6.60. The van der Waals surface area contributed by atoms with Crippen LogP contribution in [0.4, 0.5) is 0 Å². The first-order valence-electron chi connectivity index (χ1n) is 6.22. The number of ether oxygens (including phenoxy) is 1. The summed E-state index contributed by atoms with van der Waals surface area (Å²) in [6, 6.07) is 13.4. The van der Waals surface area contributed by atoms with Gasteiger partial charge in [0.25, 0.3) is 0 Å². The average Bonchev–Trinajstić information content (AvgIpc) is 2.36. The number of aryl methyl sites for hydroxylation is 1. The van der Waals surface area contributed by atoms with Crippen molar-refractivity contribution in [1.82, 2.24) is 0 Å². The van der Waals surface area contributed by atoms with Crippen molar-refractivity contribution in [3.8, 4) is 5.75 Å². The topological polar surface area (TPSA) is 29.5 Å². The quantitative estimate of drug-likeness (QED) is 0.903. The Morgan fingerprint density at radius 1 is 1.21 bits per heavy atom. The zero-order valence-corrected chi connectivity index (χ0v) is 11.8. The number of hydrogen-bond donors (Lipinski definition) is 1. The molecule has 2 aromatic rings. The molecule has 0 heterocycles. The van der Waals surface area contributed by atoms with Gasteiger partial charge < -0.3 is 9.84 Å². The van der Waals surface area contributed by atoms with E-state index in [0.29, 0.717) is 11.6 Å². The summed E-state index contributed by atoms with van der Waals surface area (Å²) in [5.41, 5.74) is 2.91. The molecule has 0 radical (unpaired) electrons. The summed E-state index contributed by atoms with van der Waals surface area (Å²) in [4.78, 5) is 0. The van der Waals surface area contributed by atoms with E-state index >= 15 is 0 Å². The average molecular weight is 277 g/mol. The highest BCUT2D eigenvalue weighted by Gasteiger charge is 2.09. The first kappa shape index (κ1) is 13.9. The monoisotopic (exact) mass is 276 g/mol. The second kappa shape index (κ2) is 6.09. The predicted molar refractivity (Wildman–Crippen MR) is 77.6 cm³/mol. The van der Waals surface area contributed by atoms with Gasteiger partial charge in [-0.1, -0.05) is 35.9 Å². The Labute approximate surface area is 118 Å². The Kier molecular flexibility index (Phi) is 4.46. The van der Waals surface area contributed by atoms with E-state index in [9.17, 15) is 5.11 Å². The van der Waals surface area contributed by atoms with Gasteiger partial charge in [-0.3, -0.25) is 0 Å². The SMILES string of the molecule is Cc1ccc(C(C)O)c(OCc2cccc(Cl)c2)c1. The van der Waals surface area contributed by atoms with E-state index in [2.05, 4.69) is 0 Å². The molecule has 0 saturated carbocycles. The third kappa shape index (κ3) is 3.72. The lowest BCUT2D eigenvalue weighted by molar-refractivity contribution is 0.190. The standard InChI is InChI=1S/C16H17ClO2/c1-11-6-7-15(12(2)18)16(8-11)19-10-13-4-3-5-14(17)9-13/h3-9,12,18H,10H2,1-2H3. The number of halogens is 1. The highest BCUT2D eigenvalue weighted by molar-refractivity contribution is 6.30. The zero-order chi connectivity index (χ0) is 13.8. The van der Waals surface area contributed by atoms with Gasteiger partial charge >= 0.3 is 0 Å². The Hall–Kier alpha value is -1.51. The van der Waals surface area contributed by atoms with Crippen molar-refractivity contribution in [2.75, 3.05) is 0 Å². The van der Waals surface area contributed by atoms with Crippen molar-refractivity contribution in [2.24, 2.45) is 0 Å². The molecule has 2 nitrogen and oxygen atoms in total. The molecule has 0 saturated heterocycles. The Morgan fingerprint density at radius 2 is 2.00 bits per heavy atom. The number of aliphatic hydroxyl groups is 1. The van der Waals surface area contributed by atoms with Gasteiger partial charge in [0.15, 0.2) is 0 Å². The molecule has 1 atom stereocenters. The highest BCUT2D eigenvalue weighted by atomic mass is 35.5. The van der Waals surface area contributed by atoms with E-state index in [1.807, 2.05) is 49.4 Å². The van der Waals surface area contributed by atoms with Crippen molar-refractivity contribution in [3.05, 3.63) is 64.2 Å². The minimum Gasteiger partial charge on any atom is -0.489 e. The van der Waals surface area contributed by atoms with Crippen LogP contribution in [-0.2, 0) is 6.61 Å². The van der Waals surface area contributed by atoms with E-state index in [1.165, 1.54) is 0 Å². The summed E-state index contributed by atoms with van der Waals surface area (Å²) in [7, 11) is 0. The van der Waals surface area contributed by atoms with Gasteiger partial charge in [0.1, 0.15) is 12.4 Å². The van der Waals surface area contributed by atoms with Crippen LogP contribution in [0.15, 0.2) is 42.5 Å². The molecule has 0 aromatic heterocycles. The molecule has 1 N–H and O–H groups in total. The summed E-state index contributed by atoms with van der Waals surface area (Å²) < 4.78 is 5.80. The maximum absolute atomic E-state index is 9.74. The predicted octanol–water partition coefficient (Wildman–Crippen LogP) is 4.28. The molecule has 0 fully saturated rings. The minimum atomic E-state index is -0.546. The van der Waals surface area contributed by atoms with Gasteiger partial charge in [-0.15, -0.1) is 0 Å². The first-order chi connectivity index (χ1) is 9.06. The normalized spacial score (nSPS) is 12.2. The largest absolute Gasteiger partial charge is 0.489 e. The summed E-state index contributed by atoms with van der Waals surface area (Å²) in [5, 5.41) is 10.4. The molecular formula is C16H17ClO2. The smallest absolute Gasteiger partial charge is 0.125 e. The molecule has 0 aliphatic carbocycles. The van der Waals surface area contributed by atoms with Crippen molar-refractivity contribution >= 4 is 11.6 Å². The van der Waals surface area contributed by atoms with Crippen LogP contribution in [0.1, 0.15) is 29.7 Å². The fraction of sp³-hybridized carbons (Fsp3) is 0.250. The van der Waals surface area contributed by atoms with E-state index in [0.717, 1.165) is 22.4 Å². The Morgan fingerprint density at radius 3 is 2.68 bits per heavy atom. The van der Waals surface area contributed by atoms with Gasteiger partial charge in [-0.05, 0) is 43.2 Å². The Bertz CT molecular complexity index is 564. The van der Waals surface area contributed by atoms with Gasteiger partial charge in [0.2, 0.25) is 0 Å². The summed E-state index contributed by atoms with van der Waals surface area (Å²) in [6.45, 7) is 4.17. The molecule has 0 aliphatic rings. The lowest BCUT2D eigenvalue weighted by Crippen LogP contribution is -2.01. The van der Waals surface area contributed by atoms with E-state index in [1.54, 1.807) is 6.92 Å². The van der Waals surface area contributed by atoms with Gasteiger partial charge in [0.05, 0.1) is 6.10 Å². The summed E-state index contributed by atoms with van der Waals surface area (Å²) >= 11 is 5.94. The van der Waals surface area contributed by atoms with Crippen molar-refractivity contribution in [2.45, 2.75) is 26.6 Å². The maximum Gasteiger partial charge on any atom is 0.125 e. The lowest BCUT2D eigenvalue weighted by Gasteiger charge is -2.14. The molecule has 2 rings (SSSR count). The fourth-order valence-electron chi connectivity index (χ4n) is 1.90. The summed E-state index contributed by atoms with van der Waals surface area (Å²) in [6.07, 6.45) is -0.546.